The monoisotopic (exact) mass is 395 g/mol. The van der Waals surface area contributed by atoms with Gasteiger partial charge < -0.3 is 4.74 Å². The number of fused-ring (bicyclic) bond motifs is 2. The minimum Gasteiger partial charge on any atom is -0.475 e. The molecule has 7 heteroatoms. The summed E-state index contributed by atoms with van der Waals surface area (Å²) in [4.78, 5) is 12.3. The molecule has 0 spiro atoms. The zero-order valence-corrected chi connectivity index (χ0v) is 15.3. The zero-order chi connectivity index (χ0) is 20.0. The lowest BCUT2D eigenvalue weighted by Crippen LogP contribution is -2.17. The minimum atomic E-state index is -4.51. The van der Waals surface area contributed by atoms with E-state index < -0.39 is 11.9 Å². The van der Waals surface area contributed by atoms with Gasteiger partial charge in [-0.25, -0.2) is 15.0 Å². The van der Waals surface area contributed by atoms with Gasteiger partial charge in [-0.1, -0.05) is 24.3 Å². The van der Waals surface area contributed by atoms with Crippen molar-refractivity contribution in [2.75, 3.05) is 0 Å². The van der Waals surface area contributed by atoms with E-state index >= 15 is 0 Å². The predicted molar refractivity (Wildman–Crippen MR) is 102 cm³/mol. The molecule has 1 aromatic heterocycles. The predicted octanol–water partition coefficient (Wildman–Crippen LogP) is 5.45. The lowest BCUT2D eigenvalue weighted by Gasteiger charge is -2.22. The van der Waals surface area contributed by atoms with Gasteiger partial charge in [-0.15, -0.1) is 0 Å². The highest BCUT2D eigenvalue weighted by atomic mass is 19.4. The lowest BCUT2D eigenvalue weighted by atomic mass is 10.00. The average molecular weight is 395 g/mol. The molecule has 146 valence electrons. The summed E-state index contributed by atoms with van der Waals surface area (Å²) < 4.78 is 44.7. The average Bonchev–Trinajstić information content (AvgIpc) is 3.17. The summed E-state index contributed by atoms with van der Waals surface area (Å²) in [5.41, 5.74) is 3.69. The van der Waals surface area contributed by atoms with Gasteiger partial charge in [0.15, 0.2) is 11.7 Å². The molecule has 0 radical (unpaired) electrons. The van der Waals surface area contributed by atoms with Gasteiger partial charge in [0, 0.05) is 17.3 Å². The molecule has 1 atom stereocenters. The van der Waals surface area contributed by atoms with Crippen LogP contribution in [0.4, 0.5) is 18.9 Å². The van der Waals surface area contributed by atoms with Crippen molar-refractivity contribution < 1.29 is 17.9 Å². The molecule has 3 aromatic rings. The fourth-order valence-electron chi connectivity index (χ4n) is 3.90. The number of aryl methyl sites for hydroxylation is 1. The first-order chi connectivity index (χ1) is 14.0. The van der Waals surface area contributed by atoms with Crippen molar-refractivity contribution in [2.24, 2.45) is 4.99 Å². The molecule has 29 heavy (non-hydrogen) atoms. The van der Waals surface area contributed by atoms with E-state index in [1.54, 1.807) is 18.2 Å². The molecular formula is C22H16F3N3O. The van der Waals surface area contributed by atoms with E-state index in [1.807, 2.05) is 12.1 Å². The summed E-state index contributed by atoms with van der Waals surface area (Å²) in [5, 5.41) is 0. The maximum atomic E-state index is 12.9. The highest BCUT2D eigenvalue weighted by molar-refractivity contribution is 5.89. The Morgan fingerprint density at radius 2 is 1.86 bits per heavy atom. The van der Waals surface area contributed by atoms with Crippen LogP contribution >= 0.6 is 0 Å². The van der Waals surface area contributed by atoms with Crippen LogP contribution in [0.15, 0.2) is 59.7 Å². The standard InChI is InChI=1S/C22H16F3N3O/c23-22(24,25)19-9-10-26-20(28-19)14-6-8-18-15(11-14)12-29-21(27-18)17-7-5-13-3-1-2-4-16(13)17/h1-4,6,8-11,17H,5,7,12H2. The van der Waals surface area contributed by atoms with Gasteiger partial charge in [-0.3, -0.25) is 0 Å². The van der Waals surface area contributed by atoms with Gasteiger partial charge in [-0.2, -0.15) is 13.2 Å². The molecule has 2 aliphatic rings. The van der Waals surface area contributed by atoms with Crippen LogP contribution in [-0.2, 0) is 23.9 Å². The molecule has 0 bridgehead atoms. The third-order valence-electron chi connectivity index (χ3n) is 5.32. The highest BCUT2D eigenvalue weighted by Gasteiger charge is 2.33. The molecular weight excluding hydrogens is 379 g/mol. The summed E-state index contributed by atoms with van der Waals surface area (Å²) in [5.74, 6) is 0.874. The Labute approximate surface area is 165 Å². The molecule has 0 N–H and O–H groups in total. The van der Waals surface area contributed by atoms with Crippen LogP contribution in [0.3, 0.4) is 0 Å². The van der Waals surface area contributed by atoms with E-state index in [0.29, 0.717) is 18.1 Å². The van der Waals surface area contributed by atoms with E-state index in [0.717, 1.165) is 36.4 Å². The number of alkyl halides is 3. The van der Waals surface area contributed by atoms with Crippen molar-refractivity contribution in [1.82, 2.24) is 9.97 Å². The summed E-state index contributed by atoms with van der Waals surface area (Å²) >= 11 is 0. The van der Waals surface area contributed by atoms with Crippen LogP contribution in [0.5, 0.6) is 0 Å². The van der Waals surface area contributed by atoms with Crippen molar-refractivity contribution in [3.63, 3.8) is 0 Å². The lowest BCUT2D eigenvalue weighted by molar-refractivity contribution is -0.141. The molecule has 1 unspecified atom stereocenters. The fourth-order valence-corrected chi connectivity index (χ4v) is 3.90. The molecule has 0 saturated carbocycles. The number of hydrogen-bond acceptors (Lipinski definition) is 4. The van der Waals surface area contributed by atoms with Crippen LogP contribution in [-0.4, -0.2) is 15.9 Å². The molecule has 2 heterocycles. The van der Waals surface area contributed by atoms with Crippen LogP contribution in [0.2, 0.25) is 0 Å². The third-order valence-corrected chi connectivity index (χ3v) is 5.32. The van der Waals surface area contributed by atoms with E-state index in [2.05, 4.69) is 22.1 Å². The summed E-state index contributed by atoms with van der Waals surface area (Å²) in [6.07, 6.45) is -1.42. The molecule has 1 aliphatic heterocycles. The number of hydrogen-bond donors (Lipinski definition) is 0. The van der Waals surface area contributed by atoms with Gasteiger partial charge in [-0.05, 0) is 48.2 Å². The topological polar surface area (TPSA) is 47.4 Å². The Bertz CT molecular complexity index is 1120. The molecule has 2 aromatic carbocycles. The van der Waals surface area contributed by atoms with E-state index in [1.165, 1.54) is 11.1 Å². The quantitative estimate of drug-likeness (QED) is 0.580. The van der Waals surface area contributed by atoms with Crippen molar-refractivity contribution in [3.05, 3.63) is 77.1 Å². The minimum absolute atomic E-state index is 0.0297. The third kappa shape index (κ3) is 3.26. The summed E-state index contributed by atoms with van der Waals surface area (Å²) in [6, 6.07) is 14.4. The van der Waals surface area contributed by atoms with Gasteiger partial charge in [0.2, 0.25) is 0 Å². The van der Waals surface area contributed by atoms with Crippen LogP contribution in [0.25, 0.3) is 11.4 Å². The SMILES string of the molecule is FC(F)(F)c1ccnc(-c2ccc3c(c2)COC(C2CCc4ccccc42)=N3)n1. The number of ether oxygens (including phenoxy) is 1. The number of nitrogens with zero attached hydrogens (tertiary/aromatic N) is 3. The van der Waals surface area contributed by atoms with Gasteiger partial charge in [0.05, 0.1) is 11.6 Å². The molecule has 5 rings (SSSR count). The van der Waals surface area contributed by atoms with Crippen LogP contribution in [0, 0.1) is 0 Å². The fraction of sp³-hybridized carbons (Fsp3) is 0.227. The maximum Gasteiger partial charge on any atom is 0.433 e. The van der Waals surface area contributed by atoms with Crippen molar-refractivity contribution in [1.29, 1.82) is 0 Å². The molecule has 4 nitrogen and oxygen atoms in total. The first kappa shape index (κ1) is 17.8. The Kier molecular flexibility index (Phi) is 4.12. The highest BCUT2D eigenvalue weighted by Crippen LogP contribution is 2.38. The summed E-state index contributed by atoms with van der Waals surface area (Å²) in [7, 11) is 0. The van der Waals surface area contributed by atoms with Crippen LogP contribution < -0.4 is 0 Å². The number of aliphatic imine (C=N–C) groups is 1. The smallest absolute Gasteiger partial charge is 0.433 e. The van der Waals surface area contributed by atoms with Crippen molar-refractivity contribution in [2.45, 2.75) is 31.5 Å². The molecule has 0 saturated heterocycles. The van der Waals surface area contributed by atoms with Crippen LogP contribution in [0.1, 0.15) is 34.7 Å². The first-order valence-corrected chi connectivity index (χ1v) is 9.32. The maximum absolute atomic E-state index is 12.9. The van der Waals surface area contributed by atoms with E-state index in [-0.39, 0.29) is 11.7 Å². The van der Waals surface area contributed by atoms with Gasteiger partial charge >= 0.3 is 6.18 Å². The number of aromatic nitrogens is 2. The molecule has 1 aliphatic carbocycles. The number of benzene rings is 2. The Morgan fingerprint density at radius 3 is 2.72 bits per heavy atom. The van der Waals surface area contributed by atoms with Gasteiger partial charge in [0.25, 0.3) is 0 Å². The van der Waals surface area contributed by atoms with E-state index in [4.69, 9.17) is 9.73 Å². The number of halogens is 3. The van der Waals surface area contributed by atoms with E-state index in [9.17, 15) is 13.2 Å². The second-order valence-corrected chi connectivity index (χ2v) is 7.14. The molecule has 0 fully saturated rings. The second kappa shape index (κ2) is 6.69. The summed E-state index contributed by atoms with van der Waals surface area (Å²) in [6.45, 7) is 0.319. The number of rotatable bonds is 2. The normalized spacial score (nSPS) is 17.9. The second-order valence-electron chi connectivity index (χ2n) is 7.14. The zero-order valence-electron chi connectivity index (χ0n) is 15.3. The van der Waals surface area contributed by atoms with Crippen molar-refractivity contribution in [3.8, 4) is 11.4 Å². The molecule has 0 amide bonds. The Morgan fingerprint density at radius 1 is 1.00 bits per heavy atom. The Hall–Kier alpha value is -3.22. The van der Waals surface area contributed by atoms with Crippen molar-refractivity contribution >= 4 is 11.6 Å². The Balaban J connectivity index is 1.46. The first-order valence-electron chi connectivity index (χ1n) is 9.32. The largest absolute Gasteiger partial charge is 0.475 e. The van der Waals surface area contributed by atoms with Gasteiger partial charge in [0.1, 0.15) is 12.3 Å².